The Hall–Kier alpha value is -0.820. The maximum atomic E-state index is 11.6. The van der Waals surface area contributed by atoms with E-state index >= 15 is 0 Å². The number of ether oxygens (including phenoxy) is 1. The Morgan fingerprint density at radius 1 is 1.50 bits per heavy atom. The Labute approximate surface area is 92.3 Å². The van der Waals surface area contributed by atoms with Crippen LogP contribution in [0.1, 0.15) is 13.3 Å². The molecule has 3 N–H and O–H groups in total. The van der Waals surface area contributed by atoms with Gasteiger partial charge in [0.2, 0.25) is 5.91 Å². The summed E-state index contributed by atoms with van der Waals surface area (Å²) in [6.07, 6.45) is -4.05. The van der Waals surface area contributed by atoms with E-state index in [9.17, 15) is 18.0 Å². The molecule has 1 unspecified atom stereocenters. The third-order valence-electron chi connectivity index (χ3n) is 1.77. The fourth-order valence-electron chi connectivity index (χ4n) is 0.923. The summed E-state index contributed by atoms with van der Waals surface area (Å²) in [6.45, 7) is 0.855. The summed E-state index contributed by atoms with van der Waals surface area (Å²) in [5.74, 6) is -0.162. The molecule has 1 atom stereocenters. The molecule has 0 spiro atoms. The average Bonchev–Trinajstić information content (AvgIpc) is 2.15. The second kappa shape index (κ2) is 7.45. The molecule has 0 fully saturated rings. The van der Waals surface area contributed by atoms with Crippen LogP contribution >= 0.6 is 0 Å². The van der Waals surface area contributed by atoms with Crippen LogP contribution in [0.15, 0.2) is 0 Å². The van der Waals surface area contributed by atoms with Gasteiger partial charge in [0.1, 0.15) is 6.61 Å². The summed E-state index contributed by atoms with van der Waals surface area (Å²) in [4.78, 5) is 11.1. The SMILES string of the molecule is CC(CN)CC(=O)NCCOCC(F)(F)F. The molecule has 0 bridgehead atoms. The molecule has 0 rings (SSSR count). The summed E-state index contributed by atoms with van der Waals surface area (Å²) in [7, 11) is 0. The lowest BCUT2D eigenvalue weighted by molar-refractivity contribution is -0.173. The molecule has 0 radical (unpaired) electrons. The van der Waals surface area contributed by atoms with E-state index in [2.05, 4.69) is 10.1 Å². The first-order valence-electron chi connectivity index (χ1n) is 4.96. The van der Waals surface area contributed by atoms with Gasteiger partial charge in [-0.1, -0.05) is 6.92 Å². The normalized spacial score (nSPS) is 13.6. The van der Waals surface area contributed by atoms with E-state index in [1.807, 2.05) is 6.92 Å². The lowest BCUT2D eigenvalue weighted by atomic mass is 10.1. The first-order valence-corrected chi connectivity index (χ1v) is 4.96. The highest BCUT2D eigenvalue weighted by atomic mass is 19.4. The minimum absolute atomic E-state index is 0.0658. The van der Waals surface area contributed by atoms with Gasteiger partial charge in [-0.05, 0) is 12.5 Å². The lowest BCUT2D eigenvalue weighted by Gasteiger charge is -2.10. The summed E-state index contributed by atoms with van der Waals surface area (Å²) < 4.78 is 39.2. The van der Waals surface area contributed by atoms with Crippen molar-refractivity contribution >= 4 is 5.91 Å². The summed E-state index contributed by atoms with van der Waals surface area (Å²) in [6, 6.07) is 0. The average molecular weight is 242 g/mol. The van der Waals surface area contributed by atoms with Crippen molar-refractivity contribution in [2.75, 3.05) is 26.3 Å². The highest BCUT2D eigenvalue weighted by Crippen LogP contribution is 2.13. The molecule has 0 aliphatic heterocycles. The van der Waals surface area contributed by atoms with E-state index < -0.39 is 12.8 Å². The number of carbonyl (C=O) groups excluding carboxylic acids is 1. The van der Waals surface area contributed by atoms with Crippen LogP contribution in [0.3, 0.4) is 0 Å². The maximum Gasteiger partial charge on any atom is 0.411 e. The van der Waals surface area contributed by atoms with Crippen LogP contribution in [-0.2, 0) is 9.53 Å². The first kappa shape index (κ1) is 15.2. The van der Waals surface area contributed by atoms with E-state index in [1.165, 1.54) is 0 Å². The zero-order chi connectivity index (χ0) is 12.6. The second-order valence-electron chi connectivity index (χ2n) is 3.56. The summed E-state index contributed by atoms with van der Waals surface area (Å²) in [5.41, 5.74) is 5.31. The minimum Gasteiger partial charge on any atom is -0.370 e. The van der Waals surface area contributed by atoms with E-state index in [-0.39, 0.29) is 31.4 Å². The van der Waals surface area contributed by atoms with Crippen LogP contribution in [0.5, 0.6) is 0 Å². The van der Waals surface area contributed by atoms with Crippen LogP contribution in [0.25, 0.3) is 0 Å². The minimum atomic E-state index is -4.32. The van der Waals surface area contributed by atoms with Crippen LogP contribution in [0.2, 0.25) is 0 Å². The molecule has 0 aromatic carbocycles. The maximum absolute atomic E-state index is 11.6. The molecule has 0 saturated heterocycles. The Kier molecular flexibility index (Phi) is 7.07. The van der Waals surface area contributed by atoms with Gasteiger partial charge < -0.3 is 15.8 Å². The molecule has 16 heavy (non-hydrogen) atoms. The standard InChI is InChI=1S/C9H17F3N2O2/c1-7(5-13)4-8(15)14-2-3-16-6-9(10,11)12/h7H,2-6,13H2,1H3,(H,14,15). The van der Waals surface area contributed by atoms with Crippen molar-refractivity contribution in [2.45, 2.75) is 19.5 Å². The van der Waals surface area contributed by atoms with Crippen molar-refractivity contribution < 1.29 is 22.7 Å². The smallest absolute Gasteiger partial charge is 0.370 e. The number of amides is 1. The van der Waals surface area contributed by atoms with E-state index in [4.69, 9.17) is 5.73 Å². The number of hydrogen-bond donors (Lipinski definition) is 2. The fourth-order valence-corrected chi connectivity index (χ4v) is 0.923. The van der Waals surface area contributed by atoms with Crippen LogP contribution in [0, 0.1) is 5.92 Å². The third kappa shape index (κ3) is 9.72. The van der Waals surface area contributed by atoms with Crippen molar-refractivity contribution in [2.24, 2.45) is 11.7 Å². The van der Waals surface area contributed by atoms with E-state index in [0.717, 1.165) is 0 Å². The van der Waals surface area contributed by atoms with Crippen molar-refractivity contribution in [1.82, 2.24) is 5.32 Å². The van der Waals surface area contributed by atoms with Gasteiger partial charge in [-0.15, -0.1) is 0 Å². The Balaban J connectivity index is 3.42. The van der Waals surface area contributed by atoms with Crippen LogP contribution in [0.4, 0.5) is 13.2 Å². The summed E-state index contributed by atoms with van der Waals surface area (Å²) in [5, 5.41) is 2.45. The number of hydrogen-bond acceptors (Lipinski definition) is 3. The number of rotatable bonds is 7. The van der Waals surface area contributed by atoms with Crippen molar-refractivity contribution in [3.63, 3.8) is 0 Å². The van der Waals surface area contributed by atoms with Crippen molar-refractivity contribution in [3.05, 3.63) is 0 Å². The molecule has 1 amide bonds. The number of nitrogens with two attached hydrogens (primary N) is 1. The van der Waals surface area contributed by atoms with Gasteiger partial charge in [-0.3, -0.25) is 4.79 Å². The monoisotopic (exact) mass is 242 g/mol. The fraction of sp³-hybridized carbons (Fsp3) is 0.889. The largest absolute Gasteiger partial charge is 0.411 e. The third-order valence-corrected chi connectivity index (χ3v) is 1.77. The van der Waals surface area contributed by atoms with Gasteiger partial charge >= 0.3 is 6.18 Å². The lowest BCUT2D eigenvalue weighted by Crippen LogP contribution is -2.30. The predicted molar refractivity (Wildman–Crippen MR) is 52.7 cm³/mol. The topological polar surface area (TPSA) is 64.4 Å². The number of alkyl halides is 3. The van der Waals surface area contributed by atoms with Crippen molar-refractivity contribution in [3.8, 4) is 0 Å². The Morgan fingerprint density at radius 2 is 2.12 bits per heavy atom. The molecule has 96 valence electrons. The van der Waals surface area contributed by atoms with Gasteiger partial charge in [0.15, 0.2) is 0 Å². The molecule has 0 saturated carbocycles. The molecule has 0 aliphatic carbocycles. The molecule has 0 aromatic rings. The molecule has 0 heterocycles. The Bertz CT molecular complexity index is 209. The number of carbonyl (C=O) groups is 1. The predicted octanol–water partition coefficient (Wildman–Crippen LogP) is 0.666. The van der Waals surface area contributed by atoms with E-state index in [0.29, 0.717) is 6.54 Å². The zero-order valence-corrected chi connectivity index (χ0v) is 9.14. The Morgan fingerprint density at radius 3 is 2.62 bits per heavy atom. The highest BCUT2D eigenvalue weighted by molar-refractivity contribution is 5.76. The van der Waals surface area contributed by atoms with E-state index in [1.54, 1.807) is 0 Å². The molecule has 4 nitrogen and oxygen atoms in total. The first-order chi connectivity index (χ1) is 7.35. The zero-order valence-electron chi connectivity index (χ0n) is 9.14. The highest BCUT2D eigenvalue weighted by Gasteiger charge is 2.27. The molecule has 0 aliphatic rings. The van der Waals surface area contributed by atoms with Gasteiger partial charge in [0, 0.05) is 13.0 Å². The van der Waals surface area contributed by atoms with Gasteiger partial charge in [0.25, 0.3) is 0 Å². The molecule has 7 heteroatoms. The number of nitrogens with one attached hydrogen (secondary N) is 1. The number of halogens is 3. The second-order valence-corrected chi connectivity index (χ2v) is 3.56. The van der Waals surface area contributed by atoms with Crippen LogP contribution < -0.4 is 11.1 Å². The van der Waals surface area contributed by atoms with Gasteiger partial charge in [-0.25, -0.2) is 0 Å². The quantitative estimate of drug-likeness (QED) is 0.645. The van der Waals surface area contributed by atoms with Crippen LogP contribution in [-0.4, -0.2) is 38.4 Å². The molecular formula is C9H17F3N2O2. The van der Waals surface area contributed by atoms with Gasteiger partial charge in [0.05, 0.1) is 6.61 Å². The van der Waals surface area contributed by atoms with Crippen molar-refractivity contribution in [1.29, 1.82) is 0 Å². The van der Waals surface area contributed by atoms with Gasteiger partial charge in [-0.2, -0.15) is 13.2 Å². The summed E-state index contributed by atoms with van der Waals surface area (Å²) >= 11 is 0. The molecular weight excluding hydrogens is 225 g/mol. The molecule has 0 aromatic heterocycles.